The molecule has 0 N–H and O–H groups in total. The first kappa shape index (κ1) is 15.6. The average Bonchev–Trinajstić information content (AvgIpc) is 1.90. The van der Waals surface area contributed by atoms with Crippen molar-refractivity contribution in [2.45, 2.75) is 35.2 Å². The van der Waals surface area contributed by atoms with Crippen molar-refractivity contribution in [3.8, 4) is 0 Å². The normalized spacial score (nSPS) is 20.9. The fourth-order valence-electron chi connectivity index (χ4n) is 0.612. The monoisotopic (exact) mass is 543 g/mol. The van der Waals surface area contributed by atoms with Crippen LogP contribution in [0.25, 0.3) is 0 Å². The SMILES string of the molecule is C[CH2][W](=[O])(=[O])([O-])([O-])([CH2]C)[CH2]C.[Pb+2]. The van der Waals surface area contributed by atoms with Gasteiger partial charge < -0.3 is 0 Å². The maximum absolute atomic E-state index is 11.5. The van der Waals surface area contributed by atoms with Gasteiger partial charge in [-0.05, 0) is 0 Å². The van der Waals surface area contributed by atoms with Crippen LogP contribution in [0.5, 0.6) is 0 Å². The zero-order valence-electron chi connectivity index (χ0n) is 7.66. The molecular weight excluding hydrogens is 527 g/mol. The molecule has 0 aromatic heterocycles. The van der Waals surface area contributed by atoms with Gasteiger partial charge in [-0.15, -0.1) is 0 Å². The Kier molecular flexibility index (Phi) is 3.09. The molecule has 0 heterocycles. The van der Waals surface area contributed by atoms with Crippen LogP contribution in [0, 0.1) is 0 Å². The summed E-state index contributed by atoms with van der Waals surface area (Å²) in [5.41, 5.74) is 0. The molecule has 0 spiro atoms. The number of hydrogen-bond donors (Lipinski definition) is 0. The Hall–Kier alpha value is 1.13. The average molecular weight is 542 g/mol. The van der Waals surface area contributed by atoms with Crippen molar-refractivity contribution in [2.24, 2.45) is 0 Å². The zero-order chi connectivity index (χ0) is 9.50. The van der Waals surface area contributed by atoms with Crippen LogP contribution in [-0.4, -0.2) is 27.3 Å². The molecule has 0 atom stereocenters. The summed E-state index contributed by atoms with van der Waals surface area (Å²) in [6, 6.07) is 0. The predicted molar refractivity (Wildman–Crippen MR) is 38.6 cm³/mol. The Balaban J connectivity index is 0. The third-order valence-electron chi connectivity index (χ3n) is 2.64. The fraction of sp³-hybridized carbons (Fsp3) is 1.00. The number of hydrogen-bond acceptors (Lipinski definition) is 4. The third kappa shape index (κ3) is 3.12. The molecule has 0 rings (SSSR count). The van der Waals surface area contributed by atoms with Crippen LogP contribution in [0.2, 0.25) is 14.4 Å². The predicted octanol–water partition coefficient (Wildman–Crippen LogP) is -0.0772. The van der Waals surface area contributed by atoms with Crippen LogP contribution < -0.4 is 7.52 Å². The standard InChI is InChI=1S/3C2H5.4O.Pb.W/c3*1-2;;;;;;/h3*1H2,2H3;;;;;;/q;;;;;2*-1;+2;. The van der Waals surface area contributed by atoms with Crippen molar-refractivity contribution in [1.82, 2.24) is 0 Å². The van der Waals surface area contributed by atoms with Crippen LogP contribution in [0.15, 0.2) is 0 Å². The summed E-state index contributed by atoms with van der Waals surface area (Å²) in [4.78, 5) is -2.45. The topological polar surface area (TPSA) is 80.3 Å². The smallest absolute Gasteiger partial charge is 2.00 e. The van der Waals surface area contributed by atoms with Crippen LogP contribution in [0.3, 0.4) is 0 Å². The third-order valence-corrected chi connectivity index (χ3v) is 21.6. The first-order valence-electron chi connectivity index (χ1n) is 3.65. The minimum atomic E-state index is -8.06. The van der Waals surface area contributed by atoms with Crippen molar-refractivity contribution in [3.05, 3.63) is 0 Å². The van der Waals surface area contributed by atoms with Gasteiger partial charge in [0.15, 0.2) is 0 Å². The van der Waals surface area contributed by atoms with E-state index in [0.29, 0.717) is 0 Å². The second kappa shape index (κ2) is 2.38. The van der Waals surface area contributed by atoms with Crippen molar-refractivity contribution in [1.29, 1.82) is 0 Å². The fourth-order valence-corrected chi connectivity index (χ4v) is 5.01. The minimum absolute atomic E-state index is 0. The Labute approximate surface area is 89.2 Å². The maximum Gasteiger partial charge on any atom is 2.00 e. The molecule has 0 aromatic carbocycles. The summed E-state index contributed by atoms with van der Waals surface area (Å²) in [7, 11) is 0. The molecule has 0 aliphatic heterocycles. The van der Waals surface area contributed by atoms with E-state index < -0.39 is 27.4 Å². The van der Waals surface area contributed by atoms with Crippen molar-refractivity contribution >= 4 is 27.3 Å². The van der Waals surface area contributed by atoms with E-state index in [2.05, 4.69) is 0 Å². The second-order valence-electron chi connectivity index (χ2n) is 3.30. The first-order valence-corrected chi connectivity index (χ1v) is 14.7. The molecule has 73 valence electrons. The van der Waals surface area contributed by atoms with E-state index in [-0.39, 0.29) is 27.3 Å². The van der Waals surface area contributed by atoms with Gasteiger partial charge >= 0.3 is 89.8 Å². The second-order valence-corrected chi connectivity index (χ2v) is 27.0. The van der Waals surface area contributed by atoms with Crippen LogP contribution >= 0.6 is 0 Å². The molecule has 0 aliphatic carbocycles. The van der Waals surface area contributed by atoms with Gasteiger partial charge in [-0.25, -0.2) is 0 Å². The molecule has 6 heteroatoms. The molecule has 12 heavy (non-hydrogen) atoms. The summed E-state index contributed by atoms with van der Waals surface area (Å²) in [6.07, 6.45) is 0. The molecule has 2 radical (unpaired) electrons. The summed E-state index contributed by atoms with van der Waals surface area (Å²) in [6.45, 7) is 3.40. The van der Waals surface area contributed by atoms with Gasteiger partial charge in [0.1, 0.15) is 0 Å². The summed E-state index contributed by atoms with van der Waals surface area (Å²) < 4.78 is 45.8. The molecule has 0 aliphatic rings. The Bertz CT molecular complexity index is 330. The summed E-state index contributed by atoms with van der Waals surface area (Å²) in [5.74, 6) is 0. The summed E-state index contributed by atoms with van der Waals surface area (Å²) in [5, 5.41) is 0. The van der Waals surface area contributed by atoms with E-state index in [1.807, 2.05) is 0 Å². The molecular formula is C6H15O4PbW. The Morgan fingerprint density at radius 2 is 1.08 bits per heavy atom. The van der Waals surface area contributed by atoms with Gasteiger partial charge in [0, 0.05) is 0 Å². The van der Waals surface area contributed by atoms with Gasteiger partial charge in [0.05, 0.1) is 0 Å². The van der Waals surface area contributed by atoms with Crippen molar-refractivity contribution in [3.63, 3.8) is 0 Å². The van der Waals surface area contributed by atoms with E-state index in [0.717, 1.165) is 20.8 Å². The van der Waals surface area contributed by atoms with E-state index >= 15 is 0 Å². The van der Waals surface area contributed by atoms with E-state index in [9.17, 15) is 14.3 Å². The largest absolute Gasteiger partial charge is 2.00 e. The van der Waals surface area contributed by atoms with E-state index in [1.54, 1.807) is 0 Å². The quantitative estimate of drug-likeness (QED) is 0.468. The van der Waals surface area contributed by atoms with Gasteiger partial charge in [-0.3, -0.25) is 0 Å². The Morgan fingerprint density at radius 1 is 0.917 bits per heavy atom. The zero-order valence-corrected chi connectivity index (χ0v) is 14.5. The molecule has 0 saturated carbocycles. The van der Waals surface area contributed by atoms with Crippen LogP contribution in [0.4, 0.5) is 0 Å². The van der Waals surface area contributed by atoms with Crippen LogP contribution in [-0.2, 0) is 19.8 Å². The molecule has 0 saturated heterocycles. The molecule has 4 nitrogen and oxygen atoms in total. The molecule has 0 amide bonds. The molecule has 0 fully saturated rings. The van der Waals surface area contributed by atoms with Gasteiger partial charge in [-0.2, -0.15) is 0 Å². The van der Waals surface area contributed by atoms with E-state index in [4.69, 9.17) is 0 Å². The van der Waals surface area contributed by atoms with Gasteiger partial charge in [0.25, 0.3) is 0 Å². The maximum atomic E-state index is 11.5. The molecule has 0 bridgehead atoms. The molecule has 0 aromatic rings. The Morgan fingerprint density at radius 3 is 1.08 bits per heavy atom. The summed E-state index contributed by atoms with van der Waals surface area (Å²) >= 11 is -8.06. The van der Waals surface area contributed by atoms with E-state index in [1.165, 1.54) is 0 Å². The van der Waals surface area contributed by atoms with Gasteiger partial charge in [0.2, 0.25) is 0 Å². The van der Waals surface area contributed by atoms with Crippen molar-refractivity contribution in [2.75, 3.05) is 0 Å². The molecule has 0 unspecified atom stereocenters. The first-order chi connectivity index (χ1) is 4.43. The van der Waals surface area contributed by atoms with Crippen molar-refractivity contribution < 1.29 is 27.3 Å². The van der Waals surface area contributed by atoms with Crippen LogP contribution in [0.1, 0.15) is 20.8 Å². The van der Waals surface area contributed by atoms with Gasteiger partial charge in [-0.1, -0.05) is 0 Å². The minimum Gasteiger partial charge on any atom is 2.00 e. The number of rotatable bonds is 3.